The zero-order valence-corrected chi connectivity index (χ0v) is 12.2. The summed E-state index contributed by atoms with van der Waals surface area (Å²) in [6.07, 6.45) is 0. The van der Waals surface area contributed by atoms with Crippen molar-refractivity contribution in [1.82, 2.24) is 5.32 Å². The number of hydrogen-bond donors (Lipinski definition) is 2. The van der Waals surface area contributed by atoms with E-state index in [0.29, 0.717) is 17.0 Å². The minimum Gasteiger partial charge on any atom is -0.479 e. The summed E-state index contributed by atoms with van der Waals surface area (Å²) in [6.45, 7) is 0.467. The van der Waals surface area contributed by atoms with E-state index in [0.717, 1.165) is 5.56 Å². The van der Waals surface area contributed by atoms with Gasteiger partial charge in [0.1, 0.15) is 0 Å². The van der Waals surface area contributed by atoms with Crippen LogP contribution in [-0.2, 0) is 16.1 Å². The maximum atomic E-state index is 12.1. The van der Waals surface area contributed by atoms with Gasteiger partial charge in [-0.3, -0.25) is 4.79 Å². The first-order valence-electron chi connectivity index (χ1n) is 6.26. The lowest BCUT2D eigenvalue weighted by Gasteiger charge is -2.13. The molecule has 1 aromatic heterocycles. The molecule has 1 heterocycles. The van der Waals surface area contributed by atoms with Crippen LogP contribution in [0.5, 0.6) is 0 Å². The van der Waals surface area contributed by atoms with Crippen LogP contribution >= 0.6 is 11.3 Å². The summed E-state index contributed by atoms with van der Waals surface area (Å²) in [6, 6.07) is 9.26. The smallest absolute Gasteiger partial charge is 0.331 e. The Morgan fingerprint density at radius 2 is 2.00 bits per heavy atom. The van der Waals surface area contributed by atoms with Crippen molar-refractivity contribution in [3.63, 3.8) is 0 Å². The fourth-order valence-corrected chi connectivity index (χ4v) is 2.61. The molecule has 0 fully saturated rings. The van der Waals surface area contributed by atoms with E-state index >= 15 is 0 Å². The van der Waals surface area contributed by atoms with E-state index in [9.17, 15) is 14.7 Å². The fraction of sp³-hybridized carbons (Fsp3) is 0.200. The molecule has 2 aromatic rings. The molecule has 0 saturated heterocycles. The Hall–Kier alpha value is -2.18. The third-order valence-electron chi connectivity index (χ3n) is 2.88. The second kappa shape index (κ2) is 7.01. The van der Waals surface area contributed by atoms with Gasteiger partial charge in [-0.1, -0.05) is 18.2 Å². The highest BCUT2D eigenvalue weighted by Crippen LogP contribution is 2.19. The molecule has 0 aliphatic heterocycles. The maximum absolute atomic E-state index is 12.1. The van der Waals surface area contributed by atoms with Crippen molar-refractivity contribution in [2.45, 2.75) is 12.6 Å². The van der Waals surface area contributed by atoms with Crippen LogP contribution in [0.3, 0.4) is 0 Å². The highest BCUT2D eigenvalue weighted by atomic mass is 32.1. The Bertz CT molecular complexity index is 607. The van der Waals surface area contributed by atoms with Crippen molar-refractivity contribution >= 4 is 23.2 Å². The topological polar surface area (TPSA) is 75.6 Å². The van der Waals surface area contributed by atoms with E-state index in [2.05, 4.69) is 5.32 Å². The lowest BCUT2D eigenvalue weighted by Crippen LogP contribution is -2.33. The van der Waals surface area contributed by atoms with E-state index in [4.69, 9.17) is 4.74 Å². The van der Waals surface area contributed by atoms with Crippen molar-refractivity contribution in [2.75, 3.05) is 7.11 Å². The second-order valence-electron chi connectivity index (χ2n) is 4.39. The zero-order chi connectivity index (χ0) is 15.2. The molecular formula is C15H15NO4S. The molecule has 6 heteroatoms. The largest absolute Gasteiger partial charge is 0.479 e. The maximum Gasteiger partial charge on any atom is 0.331 e. The minimum atomic E-state index is -1.08. The summed E-state index contributed by atoms with van der Waals surface area (Å²) in [5.41, 5.74) is 1.36. The van der Waals surface area contributed by atoms with Crippen molar-refractivity contribution in [3.8, 4) is 0 Å². The van der Waals surface area contributed by atoms with E-state index in [1.807, 2.05) is 0 Å². The van der Waals surface area contributed by atoms with Gasteiger partial charge in [0.25, 0.3) is 5.91 Å². The fourth-order valence-electron chi connectivity index (χ4n) is 1.84. The molecule has 21 heavy (non-hydrogen) atoms. The second-order valence-corrected chi connectivity index (χ2v) is 5.37. The van der Waals surface area contributed by atoms with Gasteiger partial charge in [-0.15, -0.1) is 11.3 Å². The average Bonchev–Trinajstić information content (AvgIpc) is 2.99. The van der Waals surface area contributed by atoms with Gasteiger partial charge < -0.3 is 15.2 Å². The molecule has 1 amide bonds. The van der Waals surface area contributed by atoms with Crippen LogP contribution in [0.4, 0.5) is 0 Å². The first kappa shape index (κ1) is 15.2. The lowest BCUT2D eigenvalue weighted by atomic mass is 10.1. The average molecular weight is 305 g/mol. The van der Waals surface area contributed by atoms with Crippen molar-refractivity contribution in [3.05, 3.63) is 57.8 Å². The number of carboxylic acid groups (broad SMARTS) is 1. The van der Waals surface area contributed by atoms with Crippen LogP contribution in [0.1, 0.15) is 26.8 Å². The molecular weight excluding hydrogens is 290 g/mol. The van der Waals surface area contributed by atoms with Crippen LogP contribution in [0.15, 0.2) is 41.8 Å². The third-order valence-corrected chi connectivity index (χ3v) is 3.81. The molecule has 0 aliphatic rings. The molecule has 2 N–H and O–H groups in total. The van der Waals surface area contributed by atoms with Gasteiger partial charge >= 0.3 is 5.97 Å². The van der Waals surface area contributed by atoms with E-state index in [1.165, 1.54) is 11.3 Å². The number of methoxy groups -OCH3 is 1. The molecule has 0 radical (unpaired) electrons. The molecule has 1 unspecified atom stereocenters. The standard InChI is InChI=1S/C15H15NO4S/c1-20-9-10-4-6-11(7-5-10)14(17)16-13(15(18)19)12-3-2-8-21-12/h2-8,13H,9H2,1H3,(H,16,17)(H,18,19). The van der Waals surface area contributed by atoms with E-state index in [1.54, 1.807) is 48.9 Å². The van der Waals surface area contributed by atoms with Gasteiger partial charge in [0.15, 0.2) is 6.04 Å². The van der Waals surface area contributed by atoms with Crippen molar-refractivity contribution in [2.24, 2.45) is 0 Å². The Labute approximate surface area is 126 Å². The van der Waals surface area contributed by atoms with Crippen LogP contribution in [0.2, 0.25) is 0 Å². The van der Waals surface area contributed by atoms with Gasteiger partial charge in [0, 0.05) is 17.6 Å². The quantitative estimate of drug-likeness (QED) is 0.859. The number of aliphatic carboxylic acids is 1. The number of hydrogen-bond acceptors (Lipinski definition) is 4. The number of rotatable bonds is 6. The van der Waals surface area contributed by atoms with Crippen molar-refractivity contribution in [1.29, 1.82) is 0 Å². The third kappa shape index (κ3) is 3.90. The Balaban J connectivity index is 2.10. The molecule has 1 atom stereocenters. The molecule has 1 aromatic carbocycles. The van der Waals surface area contributed by atoms with Crippen LogP contribution in [0.25, 0.3) is 0 Å². The summed E-state index contributed by atoms with van der Waals surface area (Å²) in [7, 11) is 1.60. The SMILES string of the molecule is COCc1ccc(C(=O)NC(C(=O)O)c2cccs2)cc1. The number of carbonyl (C=O) groups excluding carboxylic acids is 1. The van der Waals surface area contributed by atoms with Crippen molar-refractivity contribution < 1.29 is 19.4 Å². The van der Waals surface area contributed by atoms with Crippen LogP contribution < -0.4 is 5.32 Å². The first-order valence-corrected chi connectivity index (χ1v) is 7.14. The number of nitrogens with one attached hydrogen (secondary N) is 1. The first-order chi connectivity index (χ1) is 10.1. The number of carboxylic acids is 1. The highest BCUT2D eigenvalue weighted by Gasteiger charge is 2.23. The summed E-state index contributed by atoms with van der Waals surface area (Å²) in [4.78, 5) is 24.0. The normalized spacial score (nSPS) is 11.9. The van der Waals surface area contributed by atoms with E-state index in [-0.39, 0.29) is 0 Å². The van der Waals surface area contributed by atoms with Crippen LogP contribution in [-0.4, -0.2) is 24.1 Å². The molecule has 0 saturated carbocycles. The monoisotopic (exact) mass is 305 g/mol. The summed E-state index contributed by atoms with van der Waals surface area (Å²) in [5.74, 6) is -1.50. The Morgan fingerprint density at radius 1 is 1.29 bits per heavy atom. The molecule has 0 aliphatic carbocycles. The van der Waals surface area contributed by atoms with Gasteiger partial charge in [0.05, 0.1) is 6.61 Å². The molecule has 2 rings (SSSR count). The Kier molecular flexibility index (Phi) is 5.08. The van der Waals surface area contributed by atoms with Gasteiger partial charge in [-0.2, -0.15) is 0 Å². The summed E-state index contributed by atoms with van der Waals surface area (Å²) in [5, 5.41) is 13.5. The molecule has 0 bridgehead atoms. The summed E-state index contributed by atoms with van der Waals surface area (Å²) >= 11 is 1.29. The predicted molar refractivity (Wildman–Crippen MR) is 79.3 cm³/mol. The number of carbonyl (C=O) groups is 2. The number of benzene rings is 1. The highest BCUT2D eigenvalue weighted by molar-refractivity contribution is 7.10. The lowest BCUT2D eigenvalue weighted by molar-refractivity contribution is -0.139. The van der Waals surface area contributed by atoms with Crippen LogP contribution in [0, 0.1) is 0 Å². The minimum absolute atomic E-state index is 0.414. The summed E-state index contributed by atoms with van der Waals surface area (Å²) < 4.78 is 5.00. The number of ether oxygens (including phenoxy) is 1. The molecule has 0 spiro atoms. The number of thiophene rings is 1. The van der Waals surface area contributed by atoms with Gasteiger partial charge in [-0.05, 0) is 29.1 Å². The van der Waals surface area contributed by atoms with E-state index < -0.39 is 17.9 Å². The van der Waals surface area contributed by atoms with Gasteiger partial charge in [-0.25, -0.2) is 4.79 Å². The molecule has 110 valence electrons. The molecule has 5 nitrogen and oxygen atoms in total. The van der Waals surface area contributed by atoms with Gasteiger partial charge in [0.2, 0.25) is 0 Å². The Morgan fingerprint density at radius 3 is 2.52 bits per heavy atom. The predicted octanol–water partition coefficient (Wildman–Crippen LogP) is 2.45. The number of amides is 1. The zero-order valence-electron chi connectivity index (χ0n) is 11.4.